The fourth-order valence-electron chi connectivity index (χ4n) is 1.50. The van der Waals surface area contributed by atoms with E-state index in [1.54, 1.807) is 0 Å². The summed E-state index contributed by atoms with van der Waals surface area (Å²) in [6.07, 6.45) is 1.14. The maximum atomic E-state index is 11.3. The van der Waals surface area contributed by atoms with Gasteiger partial charge in [-0.2, -0.15) is 0 Å². The van der Waals surface area contributed by atoms with Crippen LogP contribution >= 0.6 is 11.8 Å². The van der Waals surface area contributed by atoms with Crippen LogP contribution in [0.4, 0.5) is 0 Å². The monoisotopic (exact) mass is 267 g/mol. The molecule has 1 aromatic carbocycles. The van der Waals surface area contributed by atoms with Gasteiger partial charge < -0.3 is 10.1 Å². The number of esters is 1. The number of benzene rings is 1. The zero-order chi connectivity index (χ0) is 13.2. The third-order valence-electron chi connectivity index (χ3n) is 2.32. The Labute approximate surface area is 113 Å². The van der Waals surface area contributed by atoms with Crippen LogP contribution in [-0.4, -0.2) is 24.9 Å². The van der Waals surface area contributed by atoms with E-state index in [0.717, 1.165) is 24.4 Å². The van der Waals surface area contributed by atoms with Crippen LogP contribution in [0.5, 0.6) is 0 Å². The summed E-state index contributed by atoms with van der Waals surface area (Å²) in [5.74, 6) is 0.219. The third kappa shape index (κ3) is 6.07. The lowest BCUT2D eigenvalue weighted by Gasteiger charge is -2.06. The lowest BCUT2D eigenvalue weighted by molar-refractivity contribution is -0.139. The first kappa shape index (κ1) is 15.1. The molecule has 0 saturated heterocycles. The lowest BCUT2D eigenvalue weighted by atomic mass is 10.2. The zero-order valence-corrected chi connectivity index (χ0v) is 11.9. The van der Waals surface area contributed by atoms with Crippen LogP contribution in [0.2, 0.25) is 0 Å². The van der Waals surface area contributed by atoms with E-state index in [4.69, 9.17) is 4.74 Å². The Balaban J connectivity index is 2.41. The first-order valence-corrected chi connectivity index (χ1v) is 7.33. The van der Waals surface area contributed by atoms with Crippen molar-refractivity contribution in [3.63, 3.8) is 0 Å². The molecule has 0 radical (unpaired) electrons. The van der Waals surface area contributed by atoms with Gasteiger partial charge in [0.2, 0.25) is 0 Å². The number of rotatable bonds is 8. The van der Waals surface area contributed by atoms with Gasteiger partial charge in [0.1, 0.15) is 0 Å². The summed E-state index contributed by atoms with van der Waals surface area (Å²) in [6.45, 7) is 6.32. The van der Waals surface area contributed by atoms with Crippen molar-refractivity contribution in [1.82, 2.24) is 5.32 Å². The summed E-state index contributed by atoms with van der Waals surface area (Å²) >= 11 is 1.52. The van der Waals surface area contributed by atoms with Crippen molar-refractivity contribution < 1.29 is 9.53 Å². The van der Waals surface area contributed by atoms with Crippen molar-refractivity contribution in [2.45, 2.75) is 31.7 Å². The van der Waals surface area contributed by atoms with E-state index in [2.05, 4.69) is 24.4 Å². The molecule has 0 spiro atoms. The number of hydrogen-bond acceptors (Lipinski definition) is 4. The van der Waals surface area contributed by atoms with E-state index >= 15 is 0 Å². The number of hydrogen-bond donors (Lipinski definition) is 1. The molecule has 0 unspecified atom stereocenters. The van der Waals surface area contributed by atoms with Crippen LogP contribution in [0.1, 0.15) is 25.8 Å². The third-order valence-corrected chi connectivity index (χ3v) is 3.28. The molecule has 4 heteroatoms. The highest BCUT2D eigenvalue weighted by Gasteiger charge is 2.03. The van der Waals surface area contributed by atoms with Crippen molar-refractivity contribution in [2.24, 2.45) is 0 Å². The quantitative estimate of drug-likeness (QED) is 0.446. The average Bonchev–Trinajstić information content (AvgIpc) is 2.38. The summed E-state index contributed by atoms with van der Waals surface area (Å²) in [5.41, 5.74) is 1.25. The maximum Gasteiger partial charge on any atom is 0.316 e. The number of carbonyl (C=O) groups excluding carboxylic acids is 1. The molecule has 0 bridgehead atoms. The van der Waals surface area contributed by atoms with Gasteiger partial charge in [-0.3, -0.25) is 4.79 Å². The molecule has 0 heterocycles. The molecular weight excluding hydrogens is 246 g/mol. The van der Waals surface area contributed by atoms with E-state index in [0.29, 0.717) is 12.4 Å². The van der Waals surface area contributed by atoms with Crippen molar-refractivity contribution >= 4 is 17.7 Å². The van der Waals surface area contributed by atoms with Crippen LogP contribution in [0.15, 0.2) is 29.2 Å². The van der Waals surface area contributed by atoms with Crippen LogP contribution in [0.3, 0.4) is 0 Å². The second kappa shape index (κ2) is 9.00. The predicted octanol–water partition coefficient (Wildman–Crippen LogP) is 2.84. The fraction of sp³-hybridized carbons (Fsp3) is 0.500. The maximum absolute atomic E-state index is 11.3. The number of carbonyl (C=O) groups is 1. The van der Waals surface area contributed by atoms with Gasteiger partial charge in [0, 0.05) is 11.4 Å². The summed E-state index contributed by atoms with van der Waals surface area (Å²) in [6, 6.07) is 8.26. The first-order chi connectivity index (χ1) is 8.76. The summed E-state index contributed by atoms with van der Waals surface area (Å²) in [4.78, 5) is 12.4. The van der Waals surface area contributed by atoms with Gasteiger partial charge in [-0.25, -0.2) is 0 Å². The highest BCUT2D eigenvalue weighted by Crippen LogP contribution is 2.19. The Hall–Kier alpha value is -1.00. The van der Waals surface area contributed by atoms with E-state index in [1.807, 2.05) is 19.1 Å². The molecule has 100 valence electrons. The molecule has 1 aromatic rings. The standard InChI is InChI=1S/C14H21NO2S/c1-3-8-15-10-12-6-5-7-13(9-12)18-11-14(16)17-4-2/h5-7,9,15H,3-4,8,10-11H2,1-2H3. The van der Waals surface area contributed by atoms with E-state index < -0.39 is 0 Å². The average molecular weight is 267 g/mol. The lowest BCUT2D eigenvalue weighted by Crippen LogP contribution is -2.13. The van der Waals surface area contributed by atoms with Crippen LogP contribution in [0.25, 0.3) is 0 Å². The van der Waals surface area contributed by atoms with Crippen LogP contribution in [0, 0.1) is 0 Å². The molecule has 0 aliphatic heterocycles. The second-order valence-electron chi connectivity index (χ2n) is 3.92. The topological polar surface area (TPSA) is 38.3 Å². The molecule has 0 amide bonds. The van der Waals surface area contributed by atoms with Crippen LogP contribution in [-0.2, 0) is 16.1 Å². The van der Waals surface area contributed by atoms with Gasteiger partial charge in [-0.05, 0) is 37.6 Å². The molecule has 0 aliphatic carbocycles. The van der Waals surface area contributed by atoms with Gasteiger partial charge in [0.05, 0.1) is 12.4 Å². The molecule has 18 heavy (non-hydrogen) atoms. The molecule has 0 aromatic heterocycles. The van der Waals surface area contributed by atoms with Gasteiger partial charge in [-0.1, -0.05) is 19.1 Å². The second-order valence-corrected chi connectivity index (χ2v) is 4.97. The summed E-state index contributed by atoms with van der Waals surface area (Å²) in [5, 5.41) is 3.36. The van der Waals surface area contributed by atoms with E-state index in [-0.39, 0.29) is 5.97 Å². The Morgan fingerprint density at radius 1 is 1.39 bits per heavy atom. The Morgan fingerprint density at radius 2 is 2.22 bits per heavy atom. The van der Waals surface area contributed by atoms with E-state index in [1.165, 1.54) is 17.3 Å². The van der Waals surface area contributed by atoms with Crippen molar-refractivity contribution in [3.05, 3.63) is 29.8 Å². The predicted molar refractivity (Wildman–Crippen MR) is 75.8 cm³/mol. The minimum atomic E-state index is -0.156. The largest absolute Gasteiger partial charge is 0.465 e. The smallest absolute Gasteiger partial charge is 0.316 e. The highest BCUT2D eigenvalue weighted by molar-refractivity contribution is 8.00. The highest BCUT2D eigenvalue weighted by atomic mass is 32.2. The van der Waals surface area contributed by atoms with Gasteiger partial charge in [0.25, 0.3) is 0 Å². The van der Waals surface area contributed by atoms with Crippen LogP contribution < -0.4 is 5.32 Å². The zero-order valence-electron chi connectivity index (χ0n) is 11.1. The minimum Gasteiger partial charge on any atom is -0.465 e. The summed E-state index contributed by atoms with van der Waals surface area (Å²) < 4.78 is 4.90. The Kier molecular flexibility index (Phi) is 7.53. The molecular formula is C14H21NO2S. The van der Waals surface area contributed by atoms with Crippen molar-refractivity contribution in [2.75, 3.05) is 18.9 Å². The van der Waals surface area contributed by atoms with Gasteiger partial charge in [0.15, 0.2) is 0 Å². The Morgan fingerprint density at radius 3 is 2.94 bits per heavy atom. The number of thioether (sulfide) groups is 1. The van der Waals surface area contributed by atoms with Gasteiger partial charge in [-0.15, -0.1) is 11.8 Å². The van der Waals surface area contributed by atoms with E-state index in [9.17, 15) is 4.79 Å². The van der Waals surface area contributed by atoms with Gasteiger partial charge >= 0.3 is 5.97 Å². The summed E-state index contributed by atoms with van der Waals surface area (Å²) in [7, 11) is 0. The molecule has 0 aliphatic rings. The molecule has 3 nitrogen and oxygen atoms in total. The molecule has 0 fully saturated rings. The van der Waals surface area contributed by atoms with Crippen molar-refractivity contribution in [1.29, 1.82) is 0 Å². The normalized spacial score (nSPS) is 10.3. The molecule has 1 rings (SSSR count). The molecule has 0 saturated carbocycles. The number of ether oxygens (including phenoxy) is 1. The molecule has 1 N–H and O–H groups in total. The SMILES string of the molecule is CCCNCc1cccc(SCC(=O)OCC)c1. The Bertz CT molecular complexity index is 369. The first-order valence-electron chi connectivity index (χ1n) is 6.34. The molecule has 0 atom stereocenters. The van der Waals surface area contributed by atoms with Crippen molar-refractivity contribution in [3.8, 4) is 0 Å². The minimum absolute atomic E-state index is 0.156. The fourth-order valence-corrected chi connectivity index (χ4v) is 2.28. The number of nitrogens with one attached hydrogen (secondary N) is 1.